The van der Waals surface area contributed by atoms with Gasteiger partial charge in [-0.25, -0.2) is 0 Å². The average Bonchev–Trinajstić information content (AvgIpc) is 3.06. The second-order valence-corrected chi connectivity index (χ2v) is 14.0. The number of methoxy groups -OCH3 is 1. The zero-order valence-corrected chi connectivity index (χ0v) is 30.1. The molecule has 49 heavy (non-hydrogen) atoms. The molecule has 7 N–H and O–H groups in total. The number of primary amides is 1. The van der Waals surface area contributed by atoms with Gasteiger partial charge < -0.3 is 36.8 Å². The van der Waals surface area contributed by atoms with Crippen molar-refractivity contribution in [3.63, 3.8) is 0 Å². The fourth-order valence-electron chi connectivity index (χ4n) is 5.31. The van der Waals surface area contributed by atoms with Crippen molar-refractivity contribution >= 4 is 41.4 Å². The van der Waals surface area contributed by atoms with Crippen molar-refractivity contribution in [2.75, 3.05) is 32.2 Å². The Morgan fingerprint density at radius 3 is 2.27 bits per heavy atom. The fourth-order valence-corrected chi connectivity index (χ4v) is 5.79. The Morgan fingerprint density at radius 1 is 0.959 bits per heavy atom. The summed E-state index contributed by atoms with van der Waals surface area (Å²) < 4.78 is 4.69. The van der Waals surface area contributed by atoms with E-state index in [1.165, 1.54) is 23.8 Å². The number of nitrogens with one attached hydrogen (secondary N) is 2. The van der Waals surface area contributed by atoms with Gasteiger partial charge in [0.25, 0.3) is 0 Å². The molecule has 0 bridgehead atoms. The Kier molecular flexibility index (Phi) is 17.1. The SMILES string of the molecule is COC(=O)CCCCCN(C(=O)CNC(=O)[C@@H](CCSC)NC(=O)[C@H](N)Cc1ccc(O)c(C(C)(C)C)c1)[C@@H](Cc1ccccc1)C(N)=O. The number of carbonyl (C=O) groups excluding carboxylic acids is 5. The van der Waals surface area contributed by atoms with E-state index >= 15 is 0 Å². The number of hydrogen-bond acceptors (Lipinski definition) is 9. The maximum absolute atomic E-state index is 13.6. The van der Waals surface area contributed by atoms with Crippen LogP contribution < -0.4 is 22.1 Å². The van der Waals surface area contributed by atoms with Crippen LogP contribution in [0.15, 0.2) is 48.5 Å². The van der Waals surface area contributed by atoms with Gasteiger partial charge >= 0.3 is 5.97 Å². The van der Waals surface area contributed by atoms with Gasteiger partial charge in [0, 0.05) is 19.4 Å². The van der Waals surface area contributed by atoms with Gasteiger partial charge in [-0.15, -0.1) is 0 Å². The van der Waals surface area contributed by atoms with Gasteiger partial charge in [-0.05, 0) is 65.9 Å². The van der Waals surface area contributed by atoms with E-state index in [1.54, 1.807) is 12.1 Å². The molecule has 2 aromatic rings. The number of carbonyl (C=O) groups is 5. The molecule has 0 aromatic heterocycles. The molecule has 0 spiro atoms. The number of hydrogen-bond donors (Lipinski definition) is 5. The summed E-state index contributed by atoms with van der Waals surface area (Å²) in [5.74, 6) is -1.86. The minimum Gasteiger partial charge on any atom is -0.508 e. The summed E-state index contributed by atoms with van der Waals surface area (Å²) >= 11 is 1.50. The second kappa shape index (κ2) is 20.4. The van der Waals surface area contributed by atoms with E-state index in [4.69, 9.17) is 11.5 Å². The number of phenols is 1. The van der Waals surface area contributed by atoms with Crippen LogP contribution in [0.4, 0.5) is 0 Å². The summed E-state index contributed by atoms with van der Waals surface area (Å²) in [6.07, 6.45) is 4.46. The highest BCUT2D eigenvalue weighted by Crippen LogP contribution is 2.31. The molecule has 4 amide bonds. The van der Waals surface area contributed by atoms with E-state index in [0.29, 0.717) is 31.4 Å². The summed E-state index contributed by atoms with van der Waals surface area (Å²) in [5, 5.41) is 15.7. The van der Waals surface area contributed by atoms with Crippen molar-refractivity contribution in [3.05, 3.63) is 65.2 Å². The number of ether oxygens (including phenoxy) is 1. The third kappa shape index (κ3) is 14.1. The first-order chi connectivity index (χ1) is 23.2. The maximum Gasteiger partial charge on any atom is 0.305 e. The number of benzene rings is 2. The molecule has 0 fully saturated rings. The first-order valence-electron chi connectivity index (χ1n) is 16.5. The highest BCUT2D eigenvalue weighted by Gasteiger charge is 2.30. The second-order valence-electron chi connectivity index (χ2n) is 13.1. The summed E-state index contributed by atoms with van der Waals surface area (Å²) in [6.45, 7) is 5.69. The van der Waals surface area contributed by atoms with Crippen LogP contribution in [-0.4, -0.2) is 89.9 Å². The Morgan fingerprint density at radius 2 is 1.65 bits per heavy atom. The standard InChI is InChI=1S/C36H53N5O7S/c1-36(2,3)26-20-25(15-16-30(26)42)21-27(37)34(46)40-28(17-19-49-5)35(47)39-23-31(43)41(18-11-7-10-14-32(44)48-4)29(33(38)45)22-24-12-8-6-9-13-24/h6,8-9,12-13,15-16,20,27-29,42H,7,10-11,14,17-19,21-23,37H2,1-5H3,(H2,38,45)(H,39,47)(H,40,46)/t27-,28-,29+/m1/s1. The van der Waals surface area contributed by atoms with Crippen LogP contribution in [0.5, 0.6) is 5.75 Å². The zero-order valence-electron chi connectivity index (χ0n) is 29.3. The minimum atomic E-state index is -0.965. The summed E-state index contributed by atoms with van der Waals surface area (Å²) in [7, 11) is 1.32. The maximum atomic E-state index is 13.6. The predicted molar refractivity (Wildman–Crippen MR) is 192 cm³/mol. The molecule has 0 unspecified atom stereocenters. The molecule has 0 aliphatic carbocycles. The van der Waals surface area contributed by atoms with Crippen LogP contribution >= 0.6 is 11.8 Å². The molecular weight excluding hydrogens is 646 g/mol. The van der Waals surface area contributed by atoms with E-state index in [1.807, 2.05) is 63.4 Å². The van der Waals surface area contributed by atoms with Crippen LogP contribution in [0, 0.1) is 0 Å². The zero-order chi connectivity index (χ0) is 36.6. The molecular formula is C36H53N5O7S. The van der Waals surface area contributed by atoms with Crippen molar-refractivity contribution < 1.29 is 33.8 Å². The van der Waals surface area contributed by atoms with E-state index in [9.17, 15) is 29.1 Å². The van der Waals surface area contributed by atoms with Gasteiger partial charge in [-0.2, -0.15) is 11.8 Å². The largest absolute Gasteiger partial charge is 0.508 e. The normalized spacial score (nSPS) is 13.1. The number of nitrogens with two attached hydrogens (primary N) is 2. The summed E-state index contributed by atoms with van der Waals surface area (Å²) in [5.41, 5.74) is 14.1. The average molecular weight is 700 g/mol. The molecule has 2 rings (SSSR count). The topological polar surface area (TPSA) is 194 Å². The van der Waals surface area contributed by atoms with E-state index in [0.717, 1.165) is 16.7 Å². The lowest BCUT2D eigenvalue weighted by Crippen LogP contribution is -2.55. The quantitative estimate of drug-likeness (QED) is 0.102. The van der Waals surface area contributed by atoms with Gasteiger partial charge in [0.05, 0.1) is 19.7 Å². The molecule has 0 saturated carbocycles. The lowest BCUT2D eigenvalue weighted by atomic mass is 9.85. The van der Waals surface area contributed by atoms with Crippen molar-refractivity contribution in [2.45, 2.75) is 89.3 Å². The number of thioether (sulfide) groups is 1. The van der Waals surface area contributed by atoms with Crippen LogP contribution in [-0.2, 0) is 47.0 Å². The number of amides is 4. The lowest BCUT2D eigenvalue weighted by Gasteiger charge is -2.30. The third-order valence-electron chi connectivity index (χ3n) is 8.12. The van der Waals surface area contributed by atoms with Crippen molar-refractivity contribution in [3.8, 4) is 5.75 Å². The molecule has 0 radical (unpaired) electrons. The molecule has 13 heteroatoms. The van der Waals surface area contributed by atoms with E-state index < -0.39 is 48.3 Å². The number of rotatable bonds is 20. The Labute approximate surface area is 294 Å². The minimum absolute atomic E-state index is 0.164. The van der Waals surface area contributed by atoms with Gasteiger partial charge in [-0.1, -0.05) is 69.7 Å². The highest BCUT2D eigenvalue weighted by atomic mass is 32.2. The highest BCUT2D eigenvalue weighted by molar-refractivity contribution is 7.98. The van der Waals surface area contributed by atoms with Crippen LogP contribution in [0.2, 0.25) is 0 Å². The Bertz CT molecular complexity index is 1400. The first kappa shape index (κ1) is 41.1. The van der Waals surface area contributed by atoms with Crippen LogP contribution in [0.1, 0.15) is 69.6 Å². The number of esters is 1. The predicted octanol–water partition coefficient (Wildman–Crippen LogP) is 2.57. The number of aromatic hydroxyl groups is 1. The van der Waals surface area contributed by atoms with Crippen molar-refractivity contribution in [1.82, 2.24) is 15.5 Å². The van der Waals surface area contributed by atoms with Crippen LogP contribution in [0.3, 0.4) is 0 Å². The van der Waals surface area contributed by atoms with Gasteiger partial charge in [0.15, 0.2) is 0 Å². The Balaban J connectivity index is 2.13. The number of nitrogens with zero attached hydrogens (tertiary/aromatic N) is 1. The van der Waals surface area contributed by atoms with Crippen LogP contribution in [0.25, 0.3) is 0 Å². The molecule has 3 atom stereocenters. The van der Waals surface area contributed by atoms with Crippen molar-refractivity contribution in [1.29, 1.82) is 0 Å². The molecule has 0 aliphatic heterocycles. The molecule has 0 aliphatic rings. The smallest absolute Gasteiger partial charge is 0.305 e. The van der Waals surface area contributed by atoms with Gasteiger partial charge in [0.1, 0.15) is 17.8 Å². The monoisotopic (exact) mass is 699 g/mol. The summed E-state index contributed by atoms with van der Waals surface area (Å²) in [4.78, 5) is 65.6. The van der Waals surface area contributed by atoms with E-state index in [2.05, 4.69) is 15.4 Å². The van der Waals surface area contributed by atoms with Gasteiger partial charge in [0.2, 0.25) is 23.6 Å². The lowest BCUT2D eigenvalue weighted by molar-refractivity contribution is -0.141. The van der Waals surface area contributed by atoms with Crippen molar-refractivity contribution in [2.24, 2.45) is 11.5 Å². The van der Waals surface area contributed by atoms with E-state index in [-0.39, 0.29) is 42.9 Å². The fraction of sp³-hybridized carbons (Fsp3) is 0.528. The summed E-state index contributed by atoms with van der Waals surface area (Å²) in [6, 6.07) is 11.4. The third-order valence-corrected chi connectivity index (χ3v) is 8.77. The number of unbranched alkanes of at least 4 members (excludes halogenated alkanes) is 2. The molecule has 0 saturated heterocycles. The van der Waals surface area contributed by atoms with Gasteiger partial charge in [-0.3, -0.25) is 24.0 Å². The Hall–Kier alpha value is -4.10. The molecule has 0 heterocycles. The molecule has 270 valence electrons. The number of phenolic OH excluding ortho intramolecular Hbond substituents is 1. The molecule has 12 nitrogen and oxygen atoms in total. The molecule has 2 aromatic carbocycles. The first-order valence-corrected chi connectivity index (χ1v) is 17.9.